The Morgan fingerprint density at radius 2 is 2.43 bits per heavy atom. The van der Waals surface area contributed by atoms with E-state index in [4.69, 9.17) is 10.00 Å². The lowest BCUT2D eigenvalue weighted by atomic mass is 10.1. The number of nitrogens with zero attached hydrogens (tertiary/aromatic N) is 1. The van der Waals surface area contributed by atoms with Gasteiger partial charge in [0.1, 0.15) is 11.8 Å². The first-order valence-corrected chi connectivity index (χ1v) is 4.62. The average Bonchev–Trinajstić information content (AvgIpc) is 2.57. The summed E-state index contributed by atoms with van der Waals surface area (Å²) in [6, 6.07) is 7.50. The molecule has 2 rings (SSSR count). The van der Waals surface area contributed by atoms with E-state index < -0.39 is 0 Å². The van der Waals surface area contributed by atoms with E-state index in [-0.39, 0.29) is 12.7 Å². The van der Waals surface area contributed by atoms with Crippen LogP contribution < -0.4 is 4.74 Å². The maximum atomic E-state index is 9.56. The van der Waals surface area contributed by atoms with Gasteiger partial charge in [0.2, 0.25) is 0 Å². The highest BCUT2D eigenvalue weighted by Gasteiger charge is 2.20. The second-order valence-corrected chi connectivity index (χ2v) is 3.36. The second kappa shape index (κ2) is 3.69. The lowest BCUT2D eigenvalue weighted by Gasteiger charge is -2.06. The van der Waals surface area contributed by atoms with Crippen molar-refractivity contribution in [2.75, 3.05) is 6.61 Å². The van der Waals surface area contributed by atoms with E-state index in [2.05, 4.69) is 0 Å². The Morgan fingerprint density at radius 1 is 1.57 bits per heavy atom. The van der Waals surface area contributed by atoms with Gasteiger partial charge in [0.25, 0.3) is 0 Å². The van der Waals surface area contributed by atoms with E-state index >= 15 is 0 Å². The molecule has 1 aromatic rings. The first-order valence-electron chi connectivity index (χ1n) is 4.62. The summed E-state index contributed by atoms with van der Waals surface area (Å²) in [5.74, 6) is 0.708. The third-order valence-corrected chi connectivity index (χ3v) is 2.46. The molecule has 14 heavy (non-hydrogen) atoms. The molecule has 0 amide bonds. The number of fused-ring (bicyclic) bond motifs is 1. The van der Waals surface area contributed by atoms with Gasteiger partial charge in [-0.05, 0) is 36.1 Å². The van der Waals surface area contributed by atoms with Crippen molar-refractivity contribution in [2.45, 2.75) is 18.9 Å². The number of aliphatic hydroxyl groups excluding tert-OH is 1. The molecule has 1 aliphatic rings. The molecule has 0 saturated carbocycles. The van der Waals surface area contributed by atoms with Gasteiger partial charge in [0.15, 0.2) is 6.61 Å². The Bertz CT molecular complexity index is 381. The zero-order chi connectivity index (χ0) is 9.97. The van der Waals surface area contributed by atoms with Crippen LogP contribution in [-0.2, 0) is 6.42 Å². The quantitative estimate of drug-likeness (QED) is 0.768. The Balaban J connectivity index is 2.20. The van der Waals surface area contributed by atoms with Gasteiger partial charge in [-0.2, -0.15) is 5.26 Å². The summed E-state index contributed by atoms with van der Waals surface area (Å²) in [7, 11) is 0. The minimum absolute atomic E-state index is 0.0708. The summed E-state index contributed by atoms with van der Waals surface area (Å²) in [5, 5.41) is 17.9. The minimum atomic E-state index is -0.324. The monoisotopic (exact) mass is 189 g/mol. The van der Waals surface area contributed by atoms with Crippen molar-refractivity contribution in [1.82, 2.24) is 0 Å². The molecule has 1 aliphatic carbocycles. The van der Waals surface area contributed by atoms with Crippen LogP contribution in [0.1, 0.15) is 23.7 Å². The summed E-state index contributed by atoms with van der Waals surface area (Å²) in [6.07, 6.45) is 1.35. The fourth-order valence-electron chi connectivity index (χ4n) is 1.78. The number of rotatable bonds is 2. The van der Waals surface area contributed by atoms with Crippen LogP contribution in [0.2, 0.25) is 0 Å². The Kier molecular flexibility index (Phi) is 2.38. The van der Waals surface area contributed by atoms with Crippen LogP contribution in [0.3, 0.4) is 0 Å². The zero-order valence-corrected chi connectivity index (χ0v) is 7.73. The molecule has 0 spiro atoms. The largest absolute Gasteiger partial charge is 0.479 e. The molecule has 3 nitrogen and oxygen atoms in total. The highest BCUT2D eigenvalue weighted by Crippen LogP contribution is 2.33. The molecule has 0 aromatic heterocycles. The van der Waals surface area contributed by atoms with Gasteiger partial charge in [0.05, 0.1) is 6.10 Å². The third kappa shape index (κ3) is 1.57. The topological polar surface area (TPSA) is 53.2 Å². The summed E-state index contributed by atoms with van der Waals surface area (Å²) < 4.78 is 5.17. The smallest absolute Gasteiger partial charge is 0.174 e. The van der Waals surface area contributed by atoms with Gasteiger partial charge >= 0.3 is 0 Å². The Labute approximate surface area is 82.6 Å². The molecule has 0 saturated heterocycles. The van der Waals surface area contributed by atoms with Crippen LogP contribution in [0.15, 0.2) is 18.2 Å². The van der Waals surface area contributed by atoms with Crippen molar-refractivity contribution in [3.63, 3.8) is 0 Å². The molecule has 1 atom stereocenters. The second-order valence-electron chi connectivity index (χ2n) is 3.36. The summed E-state index contributed by atoms with van der Waals surface area (Å²) in [5.41, 5.74) is 2.13. The number of benzene rings is 1. The average molecular weight is 189 g/mol. The predicted molar refractivity (Wildman–Crippen MR) is 50.8 cm³/mol. The Hall–Kier alpha value is -1.53. The minimum Gasteiger partial charge on any atom is -0.479 e. The van der Waals surface area contributed by atoms with Crippen molar-refractivity contribution < 1.29 is 9.84 Å². The molecule has 1 aromatic carbocycles. The number of hydrogen-bond acceptors (Lipinski definition) is 3. The van der Waals surface area contributed by atoms with E-state index in [1.165, 1.54) is 0 Å². The number of nitriles is 1. The van der Waals surface area contributed by atoms with Crippen molar-refractivity contribution in [3.05, 3.63) is 29.3 Å². The molecule has 1 N–H and O–H groups in total. The van der Waals surface area contributed by atoms with E-state index in [0.717, 1.165) is 24.0 Å². The molecule has 0 bridgehead atoms. The highest BCUT2D eigenvalue weighted by molar-refractivity contribution is 5.39. The number of ether oxygens (including phenoxy) is 1. The molecule has 0 aliphatic heterocycles. The Morgan fingerprint density at radius 3 is 3.21 bits per heavy atom. The molecule has 0 fully saturated rings. The van der Waals surface area contributed by atoms with Crippen LogP contribution in [0.25, 0.3) is 0 Å². The zero-order valence-electron chi connectivity index (χ0n) is 7.73. The van der Waals surface area contributed by atoms with E-state index in [0.29, 0.717) is 5.75 Å². The molecule has 0 heterocycles. The van der Waals surface area contributed by atoms with E-state index in [1.54, 1.807) is 6.07 Å². The van der Waals surface area contributed by atoms with Gasteiger partial charge in [-0.1, -0.05) is 6.07 Å². The number of aliphatic hydroxyl groups is 1. The molecule has 0 unspecified atom stereocenters. The van der Waals surface area contributed by atoms with Crippen LogP contribution in [0, 0.1) is 11.3 Å². The number of aryl methyl sites for hydroxylation is 1. The van der Waals surface area contributed by atoms with E-state index in [9.17, 15) is 5.11 Å². The normalized spacial score (nSPS) is 18.7. The van der Waals surface area contributed by atoms with Gasteiger partial charge in [0, 0.05) is 0 Å². The summed E-state index contributed by atoms with van der Waals surface area (Å²) >= 11 is 0. The van der Waals surface area contributed by atoms with Crippen LogP contribution in [0.5, 0.6) is 5.75 Å². The molecule has 3 heteroatoms. The van der Waals surface area contributed by atoms with Crippen LogP contribution in [-0.4, -0.2) is 11.7 Å². The van der Waals surface area contributed by atoms with Crippen molar-refractivity contribution in [3.8, 4) is 11.8 Å². The lowest BCUT2D eigenvalue weighted by Crippen LogP contribution is -1.95. The molecular weight excluding hydrogens is 178 g/mol. The van der Waals surface area contributed by atoms with Crippen LogP contribution in [0.4, 0.5) is 0 Å². The van der Waals surface area contributed by atoms with Crippen LogP contribution >= 0.6 is 0 Å². The fraction of sp³-hybridized carbons (Fsp3) is 0.364. The molecule has 0 radical (unpaired) electrons. The predicted octanol–water partition coefficient (Wildman–Crippen LogP) is 1.57. The molecular formula is C11H11NO2. The number of hydrogen-bond donors (Lipinski definition) is 1. The van der Waals surface area contributed by atoms with Crippen molar-refractivity contribution in [2.24, 2.45) is 0 Å². The maximum absolute atomic E-state index is 9.56. The fourth-order valence-corrected chi connectivity index (χ4v) is 1.78. The first-order chi connectivity index (χ1) is 6.81. The first kappa shape index (κ1) is 9.04. The molecule has 72 valence electrons. The summed E-state index contributed by atoms with van der Waals surface area (Å²) in [4.78, 5) is 0. The van der Waals surface area contributed by atoms with Crippen molar-refractivity contribution >= 4 is 0 Å². The standard InChI is InChI=1S/C11H11NO2/c12-5-6-14-9-2-3-10-8(7-9)1-4-11(10)13/h2-3,7,11,13H,1,4,6H2/t11-/m0/s1. The van der Waals surface area contributed by atoms with Crippen molar-refractivity contribution in [1.29, 1.82) is 5.26 Å². The third-order valence-electron chi connectivity index (χ3n) is 2.46. The van der Waals surface area contributed by atoms with Gasteiger partial charge in [-0.15, -0.1) is 0 Å². The lowest BCUT2D eigenvalue weighted by molar-refractivity contribution is 0.180. The van der Waals surface area contributed by atoms with Gasteiger partial charge in [-0.25, -0.2) is 0 Å². The van der Waals surface area contributed by atoms with Gasteiger partial charge < -0.3 is 9.84 Å². The maximum Gasteiger partial charge on any atom is 0.174 e. The van der Waals surface area contributed by atoms with Gasteiger partial charge in [-0.3, -0.25) is 0 Å². The SMILES string of the molecule is N#CCOc1ccc2c(c1)CC[C@@H]2O. The van der Waals surface area contributed by atoms with E-state index in [1.807, 2.05) is 18.2 Å². The summed E-state index contributed by atoms with van der Waals surface area (Å²) in [6.45, 7) is 0.0708. The highest BCUT2D eigenvalue weighted by atomic mass is 16.5.